The highest BCUT2D eigenvalue weighted by Gasteiger charge is 2.23. The average Bonchev–Trinajstić information content (AvgIpc) is 2.44. The number of H-pyrrole nitrogens is 1. The standard InChI is InChI=1S/C14H14N2O4/c1-8(14(19)20)16(2)13(18)11-7-12(17)9-5-3-4-6-10(9)15-11/h3-8H,1-2H3,(H,15,17)(H,19,20). The fourth-order valence-electron chi connectivity index (χ4n) is 1.84. The van der Waals surface area contributed by atoms with Crippen LogP contribution in [0.2, 0.25) is 0 Å². The second-order valence-corrected chi connectivity index (χ2v) is 4.52. The minimum Gasteiger partial charge on any atom is -0.480 e. The van der Waals surface area contributed by atoms with Crippen LogP contribution in [-0.2, 0) is 4.79 Å². The topological polar surface area (TPSA) is 90.5 Å². The highest BCUT2D eigenvalue weighted by atomic mass is 16.4. The third kappa shape index (κ3) is 2.40. The second kappa shape index (κ2) is 5.16. The van der Waals surface area contributed by atoms with Crippen LogP contribution in [0.1, 0.15) is 17.4 Å². The Morgan fingerprint density at radius 1 is 1.30 bits per heavy atom. The van der Waals surface area contributed by atoms with Crippen LogP contribution in [-0.4, -0.2) is 40.0 Å². The van der Waals surface area contributed by atoms with Crippen LogP contribution >= 0.6 is 0 Å². The molecular weight excluding hydrogens is 260 g/mol. The van der Waals surface area contributed by atoms with Crippen LogP contribution in [0.15, 0.2) is 35.1 Å². The van der Waals surface area contributed by atoms with E-state index in [4.69, 9.17) is 5.11 Å². The van der Waals surface area contributed by atoms with Gasteiger partial charge >= 0.3 is 5.97 Å². The molecule has 1 atom stereocenters. The third-order valence-corrected chi connectivity index (χ3v) is 3.23. The lowest BCUT2D eigenvalue weighted by atomic mass is 10.2. The number of likely N-dealkylation sites (N-methyl/N-ethyl adjacent to an activating group) is 1. The largest absolute Gasteiger partial charge is 0.480 e. The molecule has 2 N–H and O–H groups in total. The van der Waals surface area contributed by atoms with Crippen LogP contribution in [0, 0.1) is 0 Å². The number of carboxylic acid groups (broad SMARTS) is 1. The molecule has 0 aliphatic rings. The molecule has 0 fully saturated rings. The van der Waals surface area contributed by atoms with E-state index in [9.17, 15) is 14.4 Å². The number of aliphatic carboxylic acids is 1. The molecule has 1 heterocycles. The van der Waals surface area contributed by atoms with E-state index in [1.807, 2.05) is 0 Å². The normalized spacial score (nSPS) is 12.1. The number of carbonyl (C=O) groups excluding carboxylic acids is 1. The van der Waals surface area contributed by atoms with Crippen molar-refractivity contribution in [2.24, 2.45) is 0 Å². The Morgan fingerprint density at radius 2 is 1.95 bits per heavy atom. The minimum atomic E-state index is -1.11. The Kier molecular flexibility index (Phi) is 3.56. The van der Waals surface area contributed by atoms with Crippen molar-refractivity contribution >= 4 is 22.8 Å². The molecule has 0 radical (unpaired) electrons. The molecule has 1 unspecified atom stereocenters. The number of aromatic nitrogens is 1. The van der Waals surface area contributed by atoms with Gasteiger partial charge in [0.1, 0.15) is 11.7 Å². The van der Waals surface area contributed by atoms with Crippen LogP contribution < -0.4 is 5.43 Å². The second-order valence-electron chi connectivity index (χ2n) is 4.52. The molecule has 20 heavy (non-hydrogen) atoms. The number of amides is 1. The lowest BCUT2D eigenvalue weighted by molar-refractivity contribution is -0.141. The molecule has 0 aliphatic heterocycles. The summed E-state index contributed by atoms with van der Waals surface area (Å²) in [7, 11) is 1.38. The summed E-state index contributed by atoms with van der Waals surface area (Å²) in [6.45, 7) is 1.40. The van der Waals surface area contributed by atoms with Gasteiger partial charge in [-0.1, -0.05) is 12.1 Å². The first-order valence-electron chi connectivity index (χ1n) is 6.04. The Balaban J connectivity index is 2.45. The number of aromatic amines is 1. The molecule has 2 rings (SSSR count). The molecule has 1 aromatic heterocycles. The SMILES string of the molecule is CC(C(=O)O)N(C)C(=O)c1cc(=O)c2ccccc2[nH]1. The van der Waals surface area contributed by atoms with E-state index in [0.717, 1.165) is 4.90 Å². The summed E-state index contributed by atoms with van der Waals surface area (Å²) < 4.78 is 0. The molecule has 0 saturated heterocycles. The number of nitrogens with one attached hydrogen (secondary N) is 1. The van der Waals surface area contributed by atoms with Crippen molar-refractivity contribution in [1.29, 1.82) is 0 Å². The van der Waals surface area contributed by atoms with Gasteiger partial charge in [0.2, 0.25) is 0 Å². The summed E-state index contributed by atoms with van der Waals surface area (Å²) in [6.07, 6.45) is 0. The average molecular weight is 274 g/mol. The molecule has 6 nitrogen and oxygen atoms in total. The van der Waals surface area contributed by atoms with Crippen molar-refractivity contribution in [2.75, 3.05) is 7.05 Å². The first-order valence-corrected chi connectivity index (χ1v) is 6.04. The molecule has 0 spiro atoms. The van der Waals surface area contributed by atoms with Crippen molar-refractivity contribution in [3.63, 3.8) is 0 Å². The van der Waals surface area contributed by atoms with Crippen LogP contribution in [0.3, 0.4) is 0 Å². The van der Waals surface area contributed by atoms with E-state index in [1.54, 1.807) is 24.3 Å². The molecule has 1 amide bonds. The number of fused-ring (bicyclic) bond motifs is 1. The van der Waals surface area contributed by atoms with E-state index >= 15 is 0 Å². The zero-order valence-electron chi connectivity index (χ0n) is 11.1. The highest BCUT2D eigenvalue weighted by molar-refractivity contribution is 5.96. The Labute approximate surface area is 114 Å². The molecule has 0 aliphatic carbocycles. The van der Waals surface area contributed by atoms with Gasteiger partial charge in [-0.05, 0) is 19.1 Å². The number of rotatable bonds is 3. The Morgan fingerprint density at radius 3 is 2.60 bits per heavy atom. The summed E-state index contributed by atoms with van der Waals surface area (Å²) in [6, 6.07) is 7.04. The quantitative estimate of drug-likeness (QED) is 0.876. The van der Waals surface area contributed by atoms with E-state index < -0.39 is 17.9 Å². The highest BCUT2D eigenvalue weighted by Crippen LogP contribution is 2.09. The monoisotopic (exact) mass is 274 g/mol. The van der Waals surface area contributed by atoms with Gasteiger partial charge in [-0.3, -0.25) is 9.59 Å². The van der Waals surface area contributed by atoms with Crippen LogP contribution in [0.4, 0.5) is 0 Å². The number of pyridine rings is 1. The van der Waals surface area contributed by atoms with E-state index in [0.29, 0.717) is 10.9 Å². The summed E-state index contributed by atoms with van der Waals surface area (Å²) in [4.78, 5) is 38.9. The van der Waals surface area contributed by atoms with Crippen molar-refractivity contribution in [3.05, 3.63) is 46.2 Å². The van der Waals surface area contributed by atoms with E-state index in [1.165, 1.54) is 20.0 Å². The molecule has 104 valence electrons. The molecular formula is C14H14N2O4. The van der Waals surface area contributed by atoms with Gasteiger partial charge in [-0.15, -0.1) is 0 Å². The predicted molar refractivity (Wildman–Crippen MR) is 73.8 cm³/mol. The lowest BCUT2D eigenvalue weighted by Gasteiger charge is -2.21. The number of para-hydroxylation sites is 1. The zero-order valence-corrected chi connectivity index (χ0v) is 11.1. The van der Waals surface area contributed by atoms with Gasteiger partial charge in [0.05, 0.1) is 0 Å². The maximum atomic E-state index is 12.2. The number of carbonyl (C=O) groups is 2. The van der Waals surface area contributed by atoms with Crippen LogP contribution in [0.5, 0.6) is 0 Å². The van der Waals surface area contributed by atoms with Crippen molar-refractivity contribution in [1.82, 2.24) is 9.88 Å². The number of hydrogen-bond donors (Lipinski definition) is 2. The smallest absolute Gasteiger partial charge is 0.326 e. The van der Waals surface area contributed by atoms with Gasteiger partial charge in [0, 0.05) is 24.0 Å². The summed E-state index contributed by atoms with van der Waals surface area (Å²) in [5, 5.41) is 9.39. The van der Waals surface area contributed by atoms with E-state index in [2.05, 4.69) is 4.98 Å². The Hall–Kier alpha value is -2.63. The molecule has 0 bridgehead atoms. The predicted octanol–water partition coefficient (Wildman–Crippen LogP) is 1.07. The number of nitrogens with zero attached hydrogens (tertiary/aromatic N) is 1. The maximum absolute atomic E-state index is 12.2. The zero-order chi connectivity index (χ0) is 14.9. The summed E-state index contributed by atoms with van der Waals surface area (Å²) in [5.74, 6) is -1.65. The van der Waals surface area contributed by atoms with Gasteiger partial charge in [-0.25, -0.2) is 4.79 Å². The summed E-state index contributed by atoms with van der Waals surface area (Å²) >= 11 is 0. The number of benzene rings is 1. The third-order valence-electron chi connectivity index (χ3n) is 3.23. The lowest BCUT2D eigenvalue weighted by Crippen LogP contribution is -2.40. The van der Waals surface area contributed by atoms with Crippen molar-refractivity contribution in [3.8, 4) is 0 Å². The summed E-state index contributed by atoms with van der Waals surface area (Å²) in [5.41, 5.74) is 0.336. The van der Waals surface area contributed by atoms with Gasteiger partial charge in [-0.2, -0.15) is 0 Å². The number of hydrogen-bond acceptors (Lipinski definition) is 3. The number of carboxylic acids is 1. The molecule has 1 aromatic carbocycles. The fourth-order valence-corrected chi connectivity index (χ4v) is 1.84. The van der Waals surface area contributed by atoms with Gasteiger partial charge in [0.15, 0.2) is 5.43 Å². The van der Waals surface area contributed by atoms with Crippen molar-refractivity contribution in [2.45, 2.75) is 13.0 Å². The van der Waals surface area contributed by atoms with E-state index in [-0.39, 0.29) is 11.1 Å². The first-order chi connectivity index (χ1) is 9.41. The molecule has 6 heteroatoms. The van der Waals surface area contributed by atoms with Gasteiger partial charge < -0.3 is 15.0 Å². The maximum Gasteiger partial charge on any atom is 0.326 e. The minimum absolute atomic E-state index is 0.0734. The Bertz CT molecular complexity index is 735. The fraction of sp³-hybridized carbons (Fsp3) is 0.214. The molecule has 0 saturated carbocycles. The first kappa shape index (κ1) is 13.8. The van der Waals surface area contributed by atoms with Crippen molar-refractivity contribution < 1.29 is 14.7 Å². The van der Waals surface area contributed by atoms with Crippen LogP contribution in [0.25, 0.3) is 10.9 Å². The van der Waals surface area contributed by atoms with Gasteiger partial charge in [0.25, 0.3) is 5.91 Å². The molecule has 2 aromatic rings.